The van der Waals surface area contributed by atoms with Crippen LogP contribution in [0.25, 0.3) is 10.9 Å². The van der Waals surface area contributed by atoms with Crippen LogP contribution in [0.15, 0.2) is 48.5 Å². The van der Waals surface area contributed by atoms with Crippen molar-refractivity contribution < 1.29 is 14.0 Å². The minimum atomic E-state index is -0.430. The maximum Gasteiger partial charge on any atom is 0.325 e. The number of halogens is 1. The molecule has 1 saturated heterocycles. The van der Waals surface area contributed by atoms with E-state index in [4.69, 9.17) is 0 Å². The Morgan fingerprint density at radius 3 is 2.65 bits per heavy atom. The molecule has 0 radical (unpaired) electrons. The minimum absolute atomic E-state index is 0.226. The van der Waals surface area contributed by atoms with E-state index in [9.17, 15) is 14.0 Å². The SMILES string of the molecule is O=C1NC(=O)N2Cc3c(c4ccccc4n3Cc3ccc(F)cc3)CC12. The molecule has 5 nitrogen and oxygen atoms in total. The molecule has 26 heavy (non-hydrogen) atoms. The van der Waals surface area contributed by atoms with Crippen molar-refractivity contribution >= 4 is 22.8 Å². The van der Waals surface area contributed by atoms with E-state index in [-0.39, 0.29) is 17.8 Å². The summed E-state index contributed by atoms with van der Waals surface area (Å²) in [4.78, 5) is 25.8. The van der Waals surface area contributed by atoms with Gasteiger partial charge in [-0.1, -0.05) is 30.3 Å². The quantitative estimate of drug-likeness (QED) is 0.724. The lowest BCUT2D eigenvalue weighted by atomic mass is 9.97. The molecule has 1 atom stereocenters. The van der Waals surface area contributed by atoms with E-state index in [1.54, 1.807) is 17.0 Å². The number of urea groups is 1. The van der Waals surface area contributed by atoms with Crippen LogP contribution in [0.4, 0.5) is 9.18 Å². The summed E-state index contributed by atoms with van der Waals surface area (Å²) in [5, 5.41) is 3.51. The Kier molecular flexibility index (Phi) is 3.16. The van der Waals surface area contributed by atoms with E-state index in [1.165, 1.54) is 12.1 Å². The predicted molar refractivity (Wildman–Crippen MR) is 94.0 cm³/mol. The van der Waals surface area contributed by atoms with E-state index in [0.717, 1.165) is 27.7 Å². The van der Waals surface area contributed by atoms with E-state index in [0.29, 0.717) is 19.5 Å². The van der Waals surface area contributed by atoms with Gasteiger partial charge in [-0.25, -0.2) is 9.18 Å². The summed E-state index contributed by atoms with van der Waals surface area (Å²) in [5.41, 5.74) is 4.21. The summed E-state index contributed by atoms with van der Waals surface area (Å²) in [5.74, 6) is -0.487. The van der Waals surface area contributed by atoms with Crippen molar-refractivity contribution in [2.75, 3.05) is 0 Å². The lowest BCUT2D eigenvalue weighted by Gasteiger charge is -2.28. The van der Waals surface area contributed by atoms with Gasteiger partial charge in [0, 0.05) is 29.6 Å². The van der Waals surface area contributed by atoms with Crippen LogP contribution in [0.1, 0.15) is 16.8 Å². The molecule has 5 rings (SSSR count). The Bertz CT molecular complexity index is 1050. The van der Waals surface area contributed by atoms with E-state index in [2.05, 4.69) is 16.0 Å². The normalized spacial score (nSPS) is 18.8. The van der Waals surface area contributed by atoms with E-state index >= 15 is 0 Å². The summed E-state index contributed by atoms with van der Waals surface area (Å²) >= 11 is 0. The van der Waals surface area contributed by atoms with Crippen LogP contribution in [0.2, 0.25) is 0 Å². The van der Waals surface area contributed by atoms with Gasteiger partial charge in [-0.15, -0.1) is 0 Å². The van der Waals surface area contributed by atoms with Gasteiger partial charge in [0.2, 0.25) is 0 Å². The zero-order valence-electron chi connectivity index (χ0n) is 13.9. The van der Waals surface area contributed by atoms with Gasteiger partial charge in [0.15, 0.2) is 0 Å². The molecule has 130 valence electrons. The standard InChI is InChI=1S/C20H16FN3O2/c21-13-7-5-12(6-8-13)10-23-16-4-2-1-3-14(16)15-9-17-19(25)22-20(26)24(17)11-18(15)23/h1-8,17H,9-11H2,(H,22,25,26). The third-order valence-corrected chi connectivity index (χ3v) is 5.34. The fraction of sp³-hybridized carbons (Fsp3) is 0.200. The van der Waals surface area contributed by atoms with Crippen LogP contribution in [0, 0.1) is 5.82 Å². The topological polar surface area (TPSA) is 54.3 Å². The second-order valence-corrected chi connectivity index (χ2v) is 6.80. The number of carbonyl (C=O) groups excluding carboxylic acids is 2. The van der Waals surface area contributed by atoms with Gasteiger partial charge < -0.3 is 9.47 Å². The van der Waals surface area contributed by atoms with Gasteiger partial charge in [-0.05, 0) is 29.3 Å². The molecular formula is C20H16FN3O2. The second-order valence-electron chi connectivity index (χ2n) is 6.80. The molecule has 2 aromatic carbocycles. The average Bonchev–Trinajstić information content (AvgIpc) is 3.10. The lowest BCUT2D eigenvalue weighted by molar-refractivity contribution is -0.121. The zero-order chi connectivity index (χ0) is 17.8. The molecule has 3 amide bonds. The predicted octanol–water partition coefficient (Wildman–Crippen LogP) is 2.81. The molecule has 0 spiro atoms. The molecule has 0 saturated carbocycles. The summed E-state index contributed by atoms with van der Waals surface area (Å²) in [7, 11) is 0. The molecule has 1 unspecified atom stereocenters. The summed E-state index contributed by atoms with van der Waals surface area (Å²) in [6.07, 6.45) is 0.518. The van der Waals surface area contributed by atoms with Crippen LogP contribution in [0.3, 0.4) is 0 Å². The first-order valence-corrected chi connectivity index (χ1v) is 8.57. The number of hydrogen-bond acceptors (Lipinski definition) is 2. The Morgan fingerprint density at radius 1 is 1.08 bits per heavy atom. The second kappa shape index (κ2) is 5.42. The Labute approximate surface area is 149 Å². The number of fused-ring (bicyclic) bond motifs is 4. The summed E-state index contributed by atoms with van der Waals surface area (Å²) in [6, 6.07) is 13.8. The molecular weight excluding hydrogens is 333 g/mol. The van der Waals surface area contributed by atoms with Crippen LogP contribution in [-0.2, 0) is 24.3 Å². The molecule has 6 heteroatoms. The van der Waals surface area contributed by atoms with Gasteiger partial charge in [-0.2, -0.15) is 0 Å². The molecule has 0 bridgehead atoms. The van der Waals surface area contributed by atoms with Gasteiger partial charge >= 0.3 is 6.03 Å². The van der Waals surface area contributed by atoms with Gasteiger partial charge in [-0.3, -0.25) is 10.1 Å². The minimum Gasteiger partial charge on any atom is -0.338 e. The van der Waals surface area contributed by atoms with Crippen LogP contribution >= 0.6 is 0 Å². The smallest absolute Gasteiger partial charge is 0.325 e. The highest BCUT2D eigenvalue weighted by Gasteiger charge is 2.43. The van der Waals surface area contributed by atoms with Crippen molar-refractivity contribution in [3.05, 3.63) is 71.2 Å². The highest BCUT2D eigenvalue weighted by Crippen LogP contribution is 2.35. The van der Waals surface area contributed by atoms with Crippen molar-refractivity contribution in [1.29, 1.82) is 0 Å². The first kappa shape index (κ1) is 15.1. The van der Waals surface area contributed by atoms with Crippen LogP contribution in [-0.4, -0.2) is 27.4 Å². The highest BCUT2D eigenvalue weighted by atomic mass is 19.1. The summed E-state index contributed by atoms with van der Waals surface area (Å²) < 4.78 is 15.4. The zero-order valence-corrected chi connectivity index (χ0v) is 13.9. The summed E-state index contributed by atoms with van der Waals surface area (Å²) in [6.45, 7) is 0.984. The third-order valence-electron chi connectivity index (χ3n) is 5.34. The molecule has 1 aromatic heterocycles. The van der Waals surface area contributed by atoms with E-state index in [1.807, 2.05) is 18.2 Å². The number of carbonyl (C=O) groups is 2. The number of rotatable bonds is 2. The largest absolute Gasteiger partial charge is 0.338 e. The van der Waals surface area contributed by atoms with Crippen molar-refractivity contribution in [2.24, 2.45) is 0 Å². The fourth-order valence-electron chi connectivity index (χ4n) is 4.07. The lowest BCUT2D eigenvalue weighted by Crippen LogP contribution is -2.40. The van der Waals surface area contributed by atoms with Gasteiger partial charge in [0.25, 0.3) is 5.91 Å². The number of nitrogens with zero attached hydrogens (tertiary/aromatic N) is 2. The van der Waals surface area contributed by atoms with Gasteiger partial charge in [0.05, 0.1) is 6.54 Å². The molecule has 3 aromatic rings. The number of benzene rings is 2. The average molecular weight is 349 g/mol. The third kappa shape index (κ3) is 2.15. The maximum atomic E-state index is 13.2. The molecule has 3 heterocycles. The first-order chi connectivity index (χ1) is 12.6. The van der Waals surface area contributed by atoms with Crippen LogP contribution < -0.4 is 5.32 Å². The van der Waals surface area contributed by atoms with Crippen molar-refractivity contribution in [1.82, 2.24) is 14.8 Å². The van der Waals surface area contributed by atoms with Crippen molar-refractivity contribution in [3.63, 3.8) is 0 Å². The van der Waals surface area contributed by atoms with Crippen LogP contribution in [0.5, 0.6) is 0 Å². The van der Waals surface area contributed by atoms with Gasteiger partial charge in [0.1, 0.15) is 11.9 Å². The van der Waals surface area contributed by atoms with Crippen molar-refractivity contribution in [3.8, 4) is 0 Å². The first-order valence-electron chi connectivity index (χ1n) is 8.57. The van der Waals surface area contributed by atoms with E-state index < -0.39 is 6.04 Å². The Hall–Kier alpha value is -3.15. The number of amides is 3. The Morgan fingerprint density at radius 2 is 1.85 bits per heavy atom. The molecule has 1 fully saturated rings. The molecule has 0 aliphatic carbocycles. The molecule has 2 aliphatic rings. The fourth-order valence-corrected chi connectivity index (χ4v) is 4.07. The highest BCUT2D eigenvalue weighted by molar-refractivity contribution is 6.05. The van der Waals surface area contributed by atoms with Crippen molar-refractivity contribution in [2.45, 2.75) is 25.6 Å². The number of imide groups is 1. The monoisotopic (exact) mass is 349 g/mol. The number of nitrogens with one attached hydrogen (secondary N) is 1. The Balaban J connectivity index is 1.65. The molecule has 1 N–H and O–H groups in total. The molecule has 2 aliphatic heterocycles. The number of aromatic nitrogens is 1. The number of hydrogen-bond donors (Lipinski definition) is 1. The number of para-hydroxylation sites is 1. The maximum absolute atomic E-state index is 13.2.